The lowest BCUT2D eigenvalue weighted by molar-refractivity contribution is -0.115. The summed E-state index contributed by atoms with van der Waals surface area (Å²) in [6.45, 7) is 1.78. The fourth-order valence-electron chi connectivity index (χ4n) is 2.92. The van der Waals surface area contributed by atoms with Gasteiger partial charge in [0.1, 0.15) is 5.39 Å². The minimum absolute atomic E-state index is 0.166. The smallest absolute Gasteiger partial charge is 0.262 e. The molecule has 0 unspecified atom stereocenters. The first-order valence-electron chi connectivity index (χ1n) is 9.21. The lowest BCUT2D eigenvalue weighted by Crippen LogP contribution is -2.23. The topological polar surface area (TPSA) is 92.7 Å². The number of rotatable bonds is 6. The summed E-state index contributed by atoms with van der Waals surface area (Å²) < 4.78 is 1.62. The molecule has 0 aliphatic heterocycles. The minimum atomic E-state index is -0.464. The summed E-state index contributed by atoms with van der Waals surface area (Å²) in [6.07, 6.45) is 3.46. The predicted octanol–water partition coefficient (Wildman–Crippen LogP) is 3.95. The maximum absolute atomic E-state index is 12.7. The van der Waals surface area contributed by atoms with Gasteiger partial charge < -0.3 is 10.3 Å². The van der Waals surface area contributed by atoms with Gasteiger partial charge in [-0.15, -0.1) is 11.8 Å². The summed E-state index contributed by atoms with van der Waals surface area (Å²) in [7, 11) is 0. The number of hydrogen-bond donors (Lipinski definition) is 2. The van der Waals surface area contributed by atoms with Crippen LogP contribution in [0.1, 0.15) is 6.92 Å². The van der Waals surface area contributed by atoms with Crippen molar-refractivity contribution in [3.8, 4) is 5.69 Å². The van der Waals surface area contributed by atoms with E-state index < -0.39 is 5.25 Å². The number of amides is 1. The van der Waals surface area contributed by atoms with Gasteiger partial charge in [0, 0.05) is 4.90 Å². The van der Waals surface area contributed by atoms with E-state index in [0.717, 1.165) is 16.3 Å². The van der Waals surface area contributed by atoms with Crippen LogP contribution >= 0.6 is 23.5 Å². The molecule has 0 spiro atoms. The third-order valence-electron chi connectivity index (χ3n) is 4.44. The highest BCUT2D eigenvalue weighted by Gasteiger charge is 2.19. The van der Waals surface area contributed by atoms with E-state index in [1.54, 1.807) is 23.4 Å². The van der Waals surface area contributed by atoms with Crippen molar-refractivity contribution in [3.63, 3.8) is 0 Å². The number of benzene rings is 2. The largest absolute Gasteiger partial charge is 0.324 e. The number of H-pyrrole nitrogens is 1. The van der Waals surface area contributed by atoms with Crippen LogP contribution in [-0.4, -0.2) is 37.2 Å². The summed E-state index contributed by atoms with van der Waals surface area (Å²) in [5.74, 6) is -0.166. The van der Waals surface area contributed by atoms with E-state index in [4.69, 9.17) is 0 Å². The maximum Gasteiger partial charge on any atom is 0.262 e. The van der Waals surface area contributed by atoms with Gasteiger partial charge in [-0.05, 0) is 37.4 Å². The second-order valence-corrected chi connectivity index (χ2v) is 8.63. The number of carbonyl (C=O) groups is 1. The van der Waals surface area contributed by atoms with Crippen LogP contribution in [0.5, 0.6) is 0 Å². The van der Waals surface area contributed by atoms with Gasteiger partial charge in [0.15, 0.2) is 10.8 Å². The van der Waals surface area contributed by atoms with Gasteiger partial charge in [-0.2, -0.15) is 5.10 Å². The predicted molar refractivity (Wildman–Crippen MR) is 122 cm³/mol. The van der Waals surface area contributed by atoms with Gasteiger partial charge in [0.25, 0.3) is 5.56 Å². The Morgan fingerprint density at radius 1 is 1.13 bits per heavy atom. The molecule has 0 radical (unpaired) electrons. The van der Waals surface area contributed by atoms with E-state index >= 15 is 0 Å². The Morgan fingerprint density at radius 2 is 1.87 bits per heavy atom. The molecule has 4 rings (SSSR count). The van der Waals surface area contributed by atoms with Crippen LogP contribution in [0.4, 0.5) is 5.69 Å². The van der Waals surface area contributed by atoms with Crippen LogP contribution in [0.2, 0.25) is 0 Å². The van der Waals surface area contributed by atoms with Crippen molar-refractivity contribution in [1.82, 2.24) is 19.7 Å². The summed E-state index contributed by atoms with van der Waals surface area (Å²) in [5, 5.41) is 7.55. The van der Waals surface area contributed by atoms with Gasteiger partial charge in [0.2, 0.25) is 5.91 Å². The zero-order chi connectivity index (χ0) is 21.1. The summed E-state index contributed by atoms with van der Waals surface area (Å²) >= 11 is 2.76. The molecule has 4 aromatic rings. The number of hydrogen-bond acceptors (Lipinski definition) is 6. The first-order chi connectivity index (χ1) is 14.6. The van der Waals surface area contributed by atoms with Gasteiger partial charge in [0.05, 0.1) is 22.8 Å². The number of fused-ring (bicyclic) bond motifs is 1. The summed E-state index contributed by atoms with van der Waals surface area (Å²) in [5.41, 5.74) is 1.74. The molecule has 0 bridgehead atoms. The van der Waals surface area contributed by atoms with Crippen molar-refractivity contribution in [3.05, 3.63) is 71.1 Å². The van der Waals surface area contributed by atoms with Gasteiger partial charge in [-0.3, -0.25) is 9.59 Å². The van der Waals surface area contributed by atoms with Crippen LogP contribution < -0.4 is 10.9 Å². The van der Waals surface area contributed by atoms with Gasteiger partial charge >= 0.3 is 0 Å². The minimum Gasteiger partial charge on any atom is -0.324 e. The van der Waals surface area contributed by atoms with E-state index in [-0.39, 0.29) is 11.5 Å². The molecular weight excluding hydrogens is 418 g/mol. The number of carbonyl (C=O) groups excluding carboxylic acids is 1. The van der Waals surface area contributed by atoms with Crippen LogP contribution in [0.25, 0.3) is 16.7 Å². The number of nitrogens with zero attached hydrogens (tertiary/aromatic N) is 3. The highest BCUT2D eigenvalue weighted by molar-refractivity contribution is 8.00. The highest BCUT2D eigenvalue weighted by Crippen LogP contribution is 2.27. The van der Waals surface area contributed by atoms with Gasteiger partial charge in [-0.25, -0.2) is 9.67 Å². The average molecular weight is 438 g/mol. The number of nitrogens with one attached hydrogen (secondary N) is 2. The van der Waals surface area contributed by atoms with Crippen molar-refractivity contribution in [2.75, 3.05) is 11.6 Å². The van der Waals surface area contributed by atoms with Crippen LogP contribution in [0, 0.1) is 0 Å². The van der Waals surface area contributed by atoms with Crippen LogP contribution in [0.15, 0.2) is 75.6 Å². The third-order valence-corrected chi connectivity index (χ3v) is 6.22. The van der Waals surface area contributed by atoms with E-state index in [9.17, 15) is 9.59 Å². The fourth-order valence-corrected chi connectivity index (χ4v) is 4.26. The molecule has 0 aliphatic rings. The number of aromatic amines is 1. The Bertz CT molecular complexity index is 1250. The summed E-state index contributed by atoms with van der Waals surface area (Å²) in [6, 6.07) is 17.1. The van der Waals surface area contributed by atoms with E-state index in [0.29, 0.717) is 16.2 Å². The molecule has 1 amide bonds. The second-order valence-electron chi connectivity index (χ2n) is 6.45. The summed E-state index contributed by atoms with van der Waals surface area (Å²) in [4.78, 5) is 33.5. The lowest BCUT2D eigenvalue weighted by atomic mass is 10.3. The second kappa shape index (κ2) is 8.76. The molecule has 2 aromatic heterocycles. The molecule has 2 heterocycles. The third kappa shape index (κ3) is 4.12. The van der Waals surface area contributed by atoms with Crippen molar-refractivity contribution >= 4 is 46.2 Å². The maximum atomic E-state index is 12.7. The zero-order valence-electron chi connectivity index (χ0n) is 16.3. The molecule has 0 aliphatic carbocycles. The molecule has 7 nitrogen and oxygen atoms in total. The highest BCUT2D eigenvalue weighted by atomic mass is 32.2. The number of para-hydroxylation sites is 2. The molecule has 152 valence electrons. The molecule has 9 heteroatoms. The first kappa shape index (κ1) is 20.2. The zero-order valence-corrected chi connectivity index (χ0v) is 18.0. The SMILES string of the molecule is CSc1ccccc1NC(=O)[C@H](C)Sc1nc2c(cnn2-c2ccccc2)c(=O)[nH]1. The van der Waals surface area contributed by atoms with E-state index in [1.165, 1.54) is 18.0 Å². The molecule has 1 atom stereocenters. The standard InChI is InChI=1S/C21H19N5O2S2/c1-13(19(27)23-16-10-6-7-11-17(16)29-2)30-21-24-18-15(20(28)25-21)12-22-26(18)14-8-4-3-5-9-14/h3-13H,1-2H3,(H,23,27)(H,24,25,28)/t13-/m0/s1. The van der Waals surface area contributed by atoms with Gasteiger partial charge in [-0.1, -0.05) is 42.1 Å². The van der Waals surface area contributed by atoms with Crippen LogP contribution in [-0.2, 0) is 4.79 Å². The molecule has 0 fully saturated rings. The first-order valence-corrected chi connectivity index (χ1v) is 11.3. The van der Waals surface area contributed by atoms with E-state index in [1.807, 2.05) is 60.9 Å². The Balaban J connectivity index is 1.59. The molecule has 2 aromatic carbocycles. The Labute approximate surface area is 181 Å². The van der Waals surface area contributed by atoms with Crippen molar-refractivity contribution in [2.24, 2.45) is 0 Å². The van der Waals surface area contributed by atoms with Crippen LogP contribution in [0.3, 0.4) is 0 Å². The molecule has 0 saturated heterocycles. The number of aromatic nitrogens is 4. The average Bonchev–Trinajstić information content (AvgIpc) is 3.19. The van der Waals surface area contributed by atoms with Crippen molar-refractivity contribution in [1.29, 1.82) is 0 Å². The molecule has 30 heavy (non-hydrogen) atoms. The Hall–Kier alpha value is -3.04. The quantitative estimate of drug-likeness (QED) is 0.350. The molecule has 0 saturated carbocycles. The van der Waals surface area contributed by atoms with Crippen molar-refractivity contribution < 1.29 is 4.79 Å². The lowest BCUT2D eigenvalue weighted by Gasteiger charge is -2.13. The molecule has 2 N–H and O–H groups in total. The number of thioether (sulfide) groups is 2. The monoisotopic (exact) mass is 437 g/mol. The number of anilines is 1. The normalized spacial score (nSPS) is 12.1. The molecular formula is C21H19N5O2S2. The Kier molecular flexibility index (Phi) is 5.91. The van der Waals surface area contributed by atoms with E-state index in [2.05, 4.69) is 20.4 Å². The fraction of sp³-hybridized carbons (Fsp3) is 0.143. The van der Waals surface area contributed by atoms with Crippen molar-refractivity contribution in [2.45, 2.75) is 22.2 Å². The Morgan fingerprint density at radius 3 is 2.63 bits per heavy atom.